The topological polar surface area (TPSA) is 78.9 Å². The number of fused-ring (bicyclic) bond motifs is 1. The van der Waals surface area contributed by atoms with Crippen LogP contribution in [0.3, 0.4) is 0 Å². The zero-order chi connectivity index (χ0) is 14.8. The number of para-hydroxylation sites is 1. The maximum absolute atomic E-state index is 12.3. The number of hydrogen-bond acceptors (Lipinski definition) is 4. The fourth-order valence-electron chi connectivity index (χ4n) is 2.05. The Labute approximate surface area is 125 Å². The van der Waals surface area contributed by atoms with Gasteiger partial charge < -0.3 is 11.1 Å². The Bertz CT molecular complexity index is 877. The first-order valence-corrected chi connectivity index (χ1v) is 7.08. The van der Waals surface area contributed by atoms with Crippen molar-refractivity contribution in [2.75, 3.05) is 11.1 Å². The van der Waals surface area contributed by atoms with Crippen LogP contribution in [0.2, 0.25) is 0 Å². The molecule has 0 fully saturated rings. The Hall–Kier alpha value is -2.84. The van der Waals surface area contributed by atoms with E-state index in [0.29, 0.717) is 21.8 Å². The summed E-state index contributed by atoms with van der Waals surface area (Å²) in [6.45, 7) is 0. The smallest absolute Gasteiger partial charge is 0.265 e. The Balaban J connectivity index is 1.92. The van der Waals surface area contributed by atoms with Crippen molar-refractivity contribution in [3.63, 3.8) is 0 Å². The SMILES string of the molecule is N#Cc1ccccc1NC(=O)c1cc2cc(N)ccc2s1. The lowest BCUT2D eigenvalue weighted by Crippen LogP contribution is -2.11. The van der Waals surface area contributed by atoms with Gasteiger partial charge in [0, 0.05) is 10.4 Å². The molecule has 1 aromatic heterocycles. The number of nitrogens with zero attached hydrogens (tertiary/aromatic N) is 1. The third-order valence-electron chi connectivity index (χ3n) is 3.06. The highest BCUT2D eigenvalue weighted by Crippen LogP contribution is 2.28. The molecule has 3 rings (SSSR count). The molecule has 1 amide bonds. The molecule has 0 aliphatic rings. The molecular weight excluding hydrogens is 282 g/mol. The first-order valence-electron chi connectivity index (χ1n) is 6.27. The van der Waals surface area contributed by atoms with Crippen molar-refractivity contribution in [2.24, 2.45) is 0 Å². The molecule has 21 heavy (non-hydrogen) atoms. The molecule has 0 aliphatic heterocycles. The molecular formula is C16H11N3OS. The van der Waals surface area contributed by atoms with Crippen LogP contribution < -0.4 is 11.1 Å². The second kappa shape index (κ2) is 5.27. The van der Waals surface area contributed by atoms with Gasteiger partial charge in [0.15, 0.2) is 0 Å². The van der Waals surface area contributed by atoms with E-state index in [4.69, 9.17) is 11.0 Å². The molecule has 0 radical (unpaired) electrons. The maximum atomic E-state index is 12.3. The minimum absolute atomic E-state index is 0.225. The normalized spacial score (nSPS) is 10.2. The Morgan fingerprint density at radius 2 is 2.00 bits per heavy atom. The van der Waals surface area contributed by atoms with Crippen LogP contribution in [0, 0.1) is 11.3 Å². The molecule has 0 aliphatic carbocycles. The average molecular weight is 293 g/mol. The zero-order valence-electron chi connectivity index (χ0n) is 11.0. The molecule has 5 heteroatoms. The lowest BCUT2D eigenvalue weighted by Gasteiger charge is -2.04. The Kier molecular flexibility index (Phi) is 3.30. The number of hydrogen-bond donors (Lipinski definition) is 2. The number of amides is 1. The van der Waals surface area contributed by atoms with Crippen LogP contribution in [0.4, 0.5) is 11.4 Å². The van der Waals surface area contributed by atoms with Gasteiger partial charge in [-0.05, 0) is 41.8 Å². The number of rotatable bonds is 2. The van der Waals surface area contributed by atoms with Crippen LogP contribution in [0.15, 0.2) is 48.5 Å². The first kappa shape index (κ1) is 13.2. The van der Waals surface area contributed by atoms with E-state index < -0.39 is 0 Å². The predicted octanol–water partition coefficient (Wildman–Crippen LogP) is 3.61. The molecule has 4 nitrogen and oxygen atoms in total. The summed E-state index contributed by atoms with van der Waals surface area (Å²) < 4.78 is 1.00. The molecule has 2 aromatic carbocycles. The fourth-order valence-corrected chi connectivity index (χ4v) is 2.99. The van der Waals surface area contributed by atoms with Gasteiger partial charge in [0.25, 0.3) is 5.91 Å². The monoisotopic (exact) mass is 293 g/mol. The second-order valence-corrected chi connectivity index (χ2v) is 5.60. The standard InChI is InChI=1S/C16H11N3OS/c17-9-10-3-1-2-4-13(10)19-16(20)15-8-11-7-12(18)5-6-14(11)21-15/h1-8H,18H2,(H,19,20). The van der Waals surface area contributed by atoms with Gasteiger partial charge in [-0.3, -0.25) is 4.79 Å². The summed E-state index contributed by atoms with van der Waals surface area (Å²) in [6.07, 6.45) is 0. The van der Waals surface area contributed by atoms with Crippen LogP contribution in [-0.2, 0) is 0 Å². The number of thiophene rings is 1. The summed E-state index contributed by atoms with van der Waals surface area (Å²) in [4.78, 5) is 12.9. The Morgan fingerprint density at radius 1 is 1.19 bits per heavy atom. The molecule has 1 heterocycles. The van der Waals surface area contributed by atoms with E-state index in [9.17, 15) is 4.79 Å². The second-order valence-electron chi connectivity index (χ2n) is 4.52. The number of carbonyl (C=O) groups excluding carboxylic acids is 1. The average Bonchev–Trinajstić information content (AvgIpc) is 2.91. The van der Waals surface area contributed by atoms with Crippen molar-refractivity contribution in [1.29, 1.82) is 5.26 Å². The highest BCUT2D eigenvalue weighted by Gasteiger charge is 2.12. The van der Waals surface area contributed by atoms with Crippen LogP contribution in [0.25, 0.3) is 10.1 Å². The third kappa shape index (κ3) is 2.57. The van der Waals surface area contributed by atoms with Gasteiger partial charge in [0.2, 0.25) is 0 Å². The summed E-state index contributed by atoms with van der Waals surface area (Å²) in [5.74, 6) is -0.225. The van der Waals surface area contributed by atoms with Gasteiger partial charge >= 0.3 is 0 Å². The van der Waals surface area contributed by atoms with Gasteiger partial charge in [-0.15, -0.1) is 11.3 Å². The van der Waals surface area contributed by atoms with Crippen molar-refractivity contribution in [3.8, 4) is 6.07 Å². The molecule has 3 aromatic rings. The van der Waals surface area contributed by atoms with Gasteiger partial charge in [-0.1, -0.05) is 12.1 Å². The fraction of sp³-hybridized carbons (Fsp3) is 0. The summed E-state index contributed by atoms with van der Waals surface area (Å²) in [5, 5.41) is 12.7. The highest BCUT2D eigenvalue weighted by atomic mass is 32.1. The summed E-state index contributed by atoms with van der Waals surface area (Å²) in [5.41, 5.74) is 7.36. The summed E-state index contributed by atoms with van der Waals surface area (Å²) >= 11 is 1.40. The van der Waals surface area contributed by atoms with Crippen LogP contribution in [0.5, 0.6) is 0 Å². The number of benzene rings is 2. The predicted molar refractivity (Wildman–Crippen MR) is 85.3 cm³/mol. The number of nitriles is 1. The first-order chi connectivity index (χ1) is 10.2. The van der Waals surface area contributed by atoms with Gasteiger partial charge in [0.1, 0.15) is 6.07 Å². The van der Waals surface area contributed by atoms with Crippen LogP contribution >= 0.6 is 11.3 Å². The Morgan fingerprint density at radius 3 is 2.81 bits per heavy atom. The van der Waals surface area contributed by atoms with Crippen molar-refractivity contribution >= 4 is 38.7 Å². The number of nitrogen functional groups attached to an aromatic ring is 1. The number of nitrogens with one attached hydrogen (secondary N) is 1. The number of anilines is 2. The molecule has 102 valence electrons. The molecule has 0 saturated heterocycles. The minimum atomic E-state index is -0.225. The quantitative estimate of drug-likeness (QED) is 0.708. The van der Waals surface area contributed by atoms with E-state index in [0.717, 1.165) is 10.1 Å². The van der Waals surface area contributed by atoms with Gasteiger partial charge in [-0.2, -0.15) is 5.26 Å². The van der Waals surface area contributed by atoms with Gasteiger partial charge in [-0.25, -0.2) is 0 Å². The maximum Gasteiger partial charge on any atom is 0.265 e. The summed E-state index contributed by atoms with van der Waals surface area (Å²) in [6, 6.07) is 16.3. The van der Waals surface area contributed by atoms with Gasteiger partial charge in [0.05, 0.1) is 16.1 Å². The highest BCUT2D eigenvalue weighted by molar-refractivity contribution is 7.20. The van der Waals surface area contributed by atoms with E-state index in [1.807, 2.05) is 18.2 Å². The van der Waals surface area contributed by atoms with E-state index >= 15 is 0 Å². The summed E-state index contributed by atoms with van der Waals surface area (Å²) in [7, 11) is 0. The molecule has 3 N–H and O–H groups in total. The molecule has 0 bridgehead atoms. The lowest BCUT2D eigenvalue weighted by atomic mass is 10.2. The van der Waals surface area contributed by atoms with Crippen LogP contribution in [0.1, 0.15) is 15.2 Å². The van der Waals surface area contributed by atoms with Crippen molar-refractivity contribution < 1.29 is 4.79 Å². The lowest BCUT2D eigenvalue weighted by molar-refractivity contribution is 0.103. The van der Waals surface area contributed by atoms with E-state index in [1.165, 1.54) is 11.3 Å². The van der Waals surface area contributed by atoms with Crippen LogP contribution in [-0.4, -0.2) is 5.91 Å². The minimum Gasteiger partial charge on any atom is -0.399 e. The zero-order valence-corrected chi connectivity index (χ0v) is 11.8. The molecule has 0 atom stereocenters. The van der Waals surface area contributed by atoms with E-state index in [2.05, 4.69) is 11.4 Å². The van der Waals surface area contributed by atoms with E-state index in [1.54, 1.807) is 30.3 Å². The molecule has 0 saturated carbocycles. The van der Waals surface area contributed by atoms with Crippen molar-refractivity contribution in [1.82, 2.24) is 0 Å². The van der Waals surface area contributed by atoms with Crippen molar-refractivity contribution in [3.05, 3.63) is 59.0 Å². The number of nitrogens with two attached hydrogens (primary N) is 1. The molecule has 0 unspecified atom stereocenters. The molecule has 0 spiro atoms. The third-order valence-corrected chi connectivity index (χ3v) is 4.17. The largest absolute Gasteiger partial charge is 0.399 e. The number of carbonyl (C=O) groups is 1. The van der Waals surface area contributed by atoms with E-state index in [-0.39, 0.29) is 5.91 Å². The van der Waals surface area contributed by atoms with Crippen molar-refractivity contribution in [2.45, 2.75) is 0 Å².